The Labute approximate surface area is 152 Å². The SMILES string of the molecule is CCOc1ccc(C=NNc2nc(C)cc(-c3ccccc3)n2)c(O)c1. The molecule has 0 fully saturated rings. The van der Waals surface area contributed by atoms with Gasteiger partial charge in [0.2, 0.25) is 5.95 Å². The molecule has 6 heteroatoms. The van der Waals surface area contributed by atoms with Crippen molar-refractivity contribution in [2.24, 2.45) is 5.10 Å². The summed E-state index contributed by atoms with van der Waals surface area (Å²) in [5.41, 5.74) is 6.04. The van der Waals surface area contributed by atoms with Crippen molar-refractivity contribution in [3.8, 4) is 22.8 Å². The number of ether oxygens (including phenoxy) is 1. The number of hydrogen-bond donors (Lipinski definition) is 2. The van der Waals surface area contributed by atoms with E-state index in [-0.39, 0.29) is 5.75 Å². The third-order valence-electron chi connectivity index (χ3n) is 3.60. The van der Waals surface area contributed by atoms with Gasteiger partial charge in [0.05, 0.1) is 18.5 Å². The second-order valence-electron chi connectivity index (χ2n) is 5.61. The summed E-state index contributed by atoms with van der Waals surface area (Å²) in [5.74, 6) is 1.10. The highest BCUT2D eigenvalue weighted by atomic mass is 16.5. The molecule has 3 rings (SSSR count). The van der Waals surface area contributed by atoms with E-state index in [0.29, 0.717) is 23.9 Å². The predicted octanol–water partition coefficient (Wildman–Crippen LogP) is 4.00. The number of phenolic OH excluding ortho intramolecular Hbond substituents is 1. The molecule has 132 valence electrons. The van der Waals surface area contributed by atoms with Crippen LogP contribution in [-0.2, 0) is 0 Å². The first-order valence-electron chi connectivity index (χ1n) is 8.31. The van der Waals surface area contributed by atoms with Gasteiger partial charge in [0.15, 0.2) is 0 Å². The van der Waals surface area contributed by atoms with Crippen LogP contribution in [0.3, 0.4) is 0 Å². The van der Waals surface area contributed by atoms with Crippen molar-refractivity contribution in [3.63, 3.8) is 0 Å². The average Bonchev–Trinajstić information content (AvgIpc) is 2.64. The van der Waals surface area contributed by atoms with E-state index in [9.17, 15) is 5.11 Å². The summed E-state index contributed by atoms with van der Waals surface area (Å²) in [6, 6.07) is 16.9. The summed E-state index contributed by atoms with van der Waals surface area (Å²) in [6.07, 6.45) is 1.51. The highest BCUT2D eigenvalue weighted by Crippen LogP contribution is 2.22. The van der Waals surface area contributed by atoms with Crippen molar-refractivity contribution in [2.75, 3.05) is 12.0 Å². The number of nitrogens with one attached hydrogen (secondary N) is 1. The Morgan fingerprint density at radius 1 is 1.12 bits per heavy atom. The van der Waals surface area contributed by atoms with Crippen LogP contribution in [0.4, 0.5) is 5.95 Å². The molecule has 2 N–H and O–H groups in total. The maximum atomic E-state index is 10.0. The minimum atomic E-state index is 0.0941. The number of anilines is 1. The van der Waals surface area contributed by atoms with E-state index >= 15 is 0 Å². The van der Waals surface area contributed by atoms with E-state index in [4.69, 9.17) is 4.74 Å². The molecule has 0 aliphatic rings. The van der Waals surface area contributed by atoms with Crippen molar-refractivity contribution in [1.82, 2.24) is 9.97 Å². The zero-order chi connectivity index (χ0) is 18.4. The van der Waals surface area contributed by atoms with Crippen LogP contribution in [0.25, 0.3) is 11.3 Å². The molecule has 0 amide bonds. The fourth-order valence-corrected chi connectivity index (χ4v) is 2.42. The van der Waals surface area contributed by atoms with Gasteiger partial charge in [0.1, 0.15) is 11.5 Å². The number of aromatic hydroxyl groups is 1. The van der Waals surface area contributed by atoms with Crippen LogP contribution < -0.4 is 10.2 Å². The van der Waals surface area contributed by atoms with Crippen molar-refractivity contribution < 1.29 is 9.84 Å². The fourth-order valence-electron chi connectivity index (χ4n) is 2.42. The summed E-state index contributed by atoms with van der Waals surface area (Å²) >= 11 is 0. The molecule has 3 aromatic rings. The first kappa shape index (κ1) is 17.4. The Bertz CT molecular complexity index is 911. The van der Waals surface area contributed by atoms with Gasteiger partial charge >= 0.3 is 0 Å². The molecule has 0 unspecified atom stereocenters. The molecule has 0 radical (unpaired) electrons. The Kier molecular flexibility index (Phi) is 5.43. The summed E-state index contributed by atoms with van der Waals surface area (Å²) in [4.78, 5) is 8.81. The van der Waals surface area contributed by atoms with E-state index in [1.165, 1.54) is 6.21 Å². The largest absolute Gasteiger partial charge is 0.507 e. The van der Waals surface area contributed by atoms with Gasteiger partial charge in [0.25, 0.3) is 0 Å². The standard InChI is InChI=1S/C20H20N4O2/c1-3-26-17-10-9-16(19(25)12-17)13-21-24-20-22-14(2)11-18(23-20)15-7-5-4-6-8-15/h4-13,25H,3H2,1-2H3,(H,22,23,24). The molecule has 1 aromatic heterocycles. The molecule has 1 heterocycles. The normalized spacial score (nSPS) is 10.8. The van der Waals surface area contributed by atoms with E-state index in [2.05, 4.69) is 20.5 Å². The van der Waals surface area contributed by atoms with Gasteiger partial charge in [-0.2, -0.15) is 5.10 Å². The third kappa shape index (κ3) is 4.36. The van der Waals surface area contributed by atoms with Crippen molar-refractivity contribution in [1.29, 1.82) is 0 Å². The highest BCUT2D eigenvalue weighted by molar-refractivity contribution is 5.84. The first-order chi connectivity index (χ1) is 12.7. The molecule has 0 bridgehead atoms. The Morgan fingerprint density at radius 3 is 2.65 bits per heavy atom. The average molecular weight is 348 g/mol. The fraction of sp³-hybridized carbons (Fsp3) is 0.150. The summed E-state index contributed by atoms with van der Waals surface area (Å²) < 4.78 is 5.34. The maximum absolute atomic E-state index is 10.0. The van der Waals surface area contributed by atoms with Crippen LogP contribution in [0.2, 0.25) is 0 Å². The topological polar surface area (TPSA) is 79.6 Å². The molecule has 0 atom stereocenters. The number of aromatic nitrogens is 2. The number of hydrazone groups is 1. The Morgan fingerprint density at radius 2 is 1.92 bits per heavy atom. The summed E-state index contributed by atoms with van der Waals surface area (Å²) in [7, 11) is 0. The lowest BCUT2D eigenvalue weighted by molar-refractivity contribution is 0.337. The van der Waals surface area contributed by atoms with Gasteiger partial charge in [-0.3, -0.25) is 0 Å². The van der Waals surface area contributed by atoms with Crippen molar-refractivity contribution in [2.45, 2.75) is 13.8 Å². The summed E-state index contributed by atoms with van der Waals surface area (Å²) in [5, 5.41) is 14.1. The van der Waals surface area contributed by atoms with Gasteiger partial charge < -0.3 is 9.84 Å². The molecular formula is C20H20N4O2. The Balaban J connectivity index is 1.75. The minimum Gasteiger partial charge on any atom is -0.507 e. The van der Waals surface area contributed by atoms with E-state index in [0.717, 1.165) is 17.0 Å². The lowest BCUT2D eigenvalue weighted by Gasteiger charge is -2.06. The number of phenols is 1. The highest BCUT2D eigenvalue weighted by Gasteiger charge is 2.04. The van der Waals surface area contributed by atoms with Crippen molar-refractivity contribution in [3.05, 3.63) is 65.9 Å². The number of nitrogens with zero attached hydrogens (tertiary/aromatic N) is 3. The minimum absolute atomic E-state index is 0.0941. The predicted molar refractivity (Wildman–Crippen MR) is 103 cm³/mol. The van der Waals surface area contributed by atoms with Crippen LogP contribution in [0.5, 0.6) is 11.5 Å². The summed E-state index contributed by atoms with van der Waals surface area (Å²) in [6.45, 7) is 4.34. The lowest BCUT2D eigenvalue weighted by atomic mass is 10.1. The number of hydrogen-bond acceptors (Lipinski definition) is 6. The molecule has 2 aromatic carbocycles. The van der Waals surface area contributed by atoms with Crippen LogP contribution >= 0.6 is 0 Å². The van der Waals surface area contributed by atoms with E-state index in [1.807, 2.05) is 50.2 Å². The smallest absolute Gasteiger partial charge is 0.244 e. The lowest BCUT2D eigenvalue weighted by Crippen LogP contribution is -2.00. The van der Waals surface area contributed by atoms with E-state index < -0.39 is 0 Å². The number of benzene rings is 2. The zero-order valence-corrected chi connectivity index (χ0v) is 14.7. The van der Waals surface area contributed by atoms with Crippen LogP contribution in [-0.4, -0.2) is 27.9 Å². The van der Waals surface area contributed by atoms with Crippen LogP contribution in [0, 0.1) is 6.92 Å². The molecule has 26 heavy (non-hydrogen) atoms. The van der Waals surface area contributed by atoms with Gasteiger partial charge in [-0.25, -0.2) is 15.4 Å². The van der Waals surface area contributed by atoms with Gasteiger partial charge in [-0.05, 0) is 32.0 Å². The molecule has 0 aliphatic heterocycles. The second-order valence-corrected chi connectivity index (χ2v) is 5.61. The van der Waals surface area contributed by atoms with Crippen LogP contribution in [0.1, 0.15) is 18.2 Å². The first-order valence-corrected chi connectivity index (χ1v) is 8.31. The van der Waals surface area contributed by atoms with Crippen LogP contribution in [0.15, 0.2) is 59.7 Å². The second kappa shape index (κ2) is 8.11. The quantitative estimate of drug-likeness (QED) is 0.520. The Hall–Kier alpha value is -3.41. The van der Waals surface area contributed by atoms with Crippen molar-refractivity contribution >= 4 is 12.2 Å². The zero-order valence-electron chi connectivity index (χ0n) is 14.7. The molecule has 0 saturated heterocycles. The molecular weight excluding hydrogens is 328 g/mol. The number of aryl methyl sites for hydroxylation is 1. The third-order valence-corrected chi connectivity index (χ3v) is 3.60. The van der Waals surface area contributed by atoms with Gasteiger partial charge in [-0.1, -0.05) is 30.3 Å². The molecule has 0 aliphatic carbocycles. The molecule has 0 spiro atoms. The number of rotatable bonds is 6. The molecule has 0 saturated carbocycles. The maximum Gasteiger partial charge on any atom is 0.244 e. The molecule has 6 nitrogen and oxygen atoms in total. The van der Waals surface area contributed by atoms with E-state index in [1.54, 1.807) is 18.2 Å². The monoisotopic (exact) mass is 348 g/mol. The van der Waals surface area contributed by atoms with Gasteiger partial charge in [0, 0.05) is 22.9 Å². The van der Waals surface area contributed by atoms with Gasteiger partial charge in [-0.15, -0.1) is 0 Å².